The van der Waals surface area contributed by atoms with Gasteiger partial charge in [-0.05, 0) is 13.0 Å². The summed E-state index contributed by atoms with van der Waals surface area (Å²) in [6.45, 7) is 2.02. The maximum atomic E-state index is 4.08. The number of hydrogen-bond acceptors (Lipinski definition) is 1. The van der Waals surface area contributed by atoms with Crippen LogP contribution in [0.25, 0.3) is 0 Å². The number of aromatic nitrogens is 2. The van der Waals surface area contributed by atoms with Crippen LogP contribution >= 0.6 is 22.6 Å². The summed E-state index contributed by atoms with van der Waals surface area (Å²) in [4.78, 5) is 0. The molecule has 0 atom stereocenters. The van der Waals surface area contributed by atoms with Gasteiger partial charge in [0.15, 0.2) is 0 Å². The van der Waals surface area contributed by atoms with Gasteiger partial charge in [-0.15, -0.1) is 0 Å². The SMILES string of the molecule is Cc1cc(CCI)n[nH]1. The number of hydrogen-bond donors (Lipinski definition) is 1. The lowest BCUT2D eigenvalue weighted by atomic mass is 10.3. The van der Waals surface area contributed by atoms with Crippen LogP contribution in [0.1, 0.15) is 11.4 Å². The summed E-state index contributed by atoms with van der Waals surface area (Å²) in [7, 11) is 0. The Kier molecular flexibility index (Phi) is 2.50. The smallest absolute Gasteiger partial charge is 0.0632 e. The molecule has 0 fully saturated rings. The number of rotatable bonds is 2. The van der Waals surface area contributed by atoms with Crippen LogP contribution in [0.2, 0.25) is 0 Å². The highest BCUT2D eigenvalue weighted by Crippen LogP contribution is 1.99. The lowest BCUT2D eigenvalue weighted by molar-refractivity contribution is 0.973. The second-order valence-corrected chi connectivity index (χ2v) is 3.06. The van der Waals surface area contributed by atoms with E-state index >= 15 is 0 Å². The van der Waals surface area contributed by atoms with Gasteiger partial charge in [-0.1, -0.05) is 22.6 Å². The molecule has 1 aromatic rings. The van der Waals surface area contributed by atoms with E-state index in [-0.39, 0.29) is 0 Å². The van der Waals surface area contributed by atoms with Crippen LogP contribution in [0, 0.1) is 6.92 Å². The van der Waals surface area contributed by atoms with Crippen molar-refractivity contribution < 1.29 is 0 Å². The highest BCUT2D eigenvalue weighted by molar-refractivity contribution is 14.1. The van der Waals surface area contributed by atoms with Gasteiger partial charge in [0.1, 0.15) is 0 Å². The van der Waals surface area contributed by atoms with Crippen molar-refractivity contribution in [3.8, 4) is 0 Å². The molecule has 0 aromatic carbocycles. The second-order valence-electron chi connectivity index (χ2n) is 1.98. The van der Waals surface area contributed by atoms with Gasteiger partial charge in [-0.2, -0.15) is 5.10 Å². The maximum Gasteiger partial charge on any atom is 0.0632 e. The Morgan fingerprint density at radius 1 is 1.78 bits per heavy atom. The first-order chi connectivity index (χ1) is 4.33. The molecule has 0 saturated carbocycles. The largest absolute Gasteiger partial charge is 0.283 e. The van der Waals surface area contributed by atoms with Crippen LogP contribution in [-0.2, 0) is 6.42 Å². The molecule has 0 aliphatic heterocycles. The minimum absolute atomic E-state index is 1.07. The van der Waals surface area contributed by atoms with Gasteiger partial charge >= 0.3 is 0 Å². The highest BCUT2D eigenvalue weighted by Gasteiger charge is 1.93. The molecular weight excluding hydrogens is 227 g/mol. The first-order valence-corrected chi connectivity index (χ1v) is 4.42. The van der Waals surface area contributed by atoms with E-state index in [1.54, 1.807) is 0 Å². The van der Waals surface area contributed by atoms with Gasteiger partial charge in [0, 0.05) is 16.5 Å². The van der Waals surface area contributed by atoms with Crippen LogP contribution in [-0.4, -0.2) is 14.6 Å². The molecule has 2 nitrogen and oxygen atoms in total. The Bertz CT molecular complexity index is 183. The molecule has 0 aliphatic rings. The zero-order valence-electron chi connectivity index (χ0n) is 5.32. The molecular formula is C6H9IN2. The fraction of sp³-hybridized carbons (Fsp3) is 0.500. The van der Waals surface area contributed by atoms with E-state index in [0.717, 1.165) is 16.5 Å². The third kappa shape index (κ3) is 1.97. The number of alkyl halides is 1. The van der Waals surface area contributed by atoms with Gasteiger partial charge in [0.25, 0.3) is 0 Å². The fourth-order valence-corrected chi connectivity index (χ4v) is 1.25. The Hall–Kier alpha value is -0.0600. The summed E-state index contributed by atoms with van der Waals surface area (Å²) < 4.78 is 1.14. The van der Waals surface area contributed by atoms with Crippen LogP contribution in [0.3, 0.4) is 0 Å². The predicted molar refractivity (Wildman–Crippen MR) is 45.9 cm³/mol. The number of halogens is 1. The Balaban J connectivity index is 2.61. The molecule has 0 radical (unpaired) electrons. The van der Waals surface area contributed by atoms with Crippen LogP contribution in [0.5, 0.6) is 0 Å². The quantitative estimate of drug-likeness (QED) is 0.614. The molecule has 1 aromatic heterocycles. The lowest BCUT2D eigenvalue weighted by Gasteiger charge is -1.83. The number of nitrogens with one attached hydrogen (secondary N) is 1. The molecule has 0 bridgehead atoms. The third-order valence-corrected chi connectivity index (χ3v) is 1.65. The molecule has 0 unspecified atom stereocenters. The topological polar surface area (TPSA) is 28.7 Å². The van der Waals surface area contributed by atoms with Crippen molar-refractivity contribution in [3.63, 3.8) is 0 Å². The lowest BCUT2D eigenvalue weighted by Crippen LogP contribution is -1.83. The summed E-state index contributed by atoms with van der Waals surface area (Å²) in [5, 5.41) is 6.98. The molecule has 0 saturated heterocycles. The first-order valence-electron chi connectivity index (χ1n) is 2.90. The Labute approximate surface area is 68.2 Å². The number of aromatic amines is 1. The second kappa shape index (κ2) is 3.20. The van der Waals surface area contributed by atoms with Crippen molar-refractivity contribution in [2.75, 3.05) is 4.43 Å². The van der Waals surface area contributed by atoms with Gasteiger partial charge in [-0.25, -0.2) is 0 Å². The van der Waals surface area contributed by atoms with Crippen molar-refractivity contribution in [1.29, 1.82) is 0 Å². The standard InChI is InChI=1S/C6H9IN2/c1-5-4-6(2-3-7)9-8-5/h4H,2-3H2,1H3,(H,8,9). The monoisotopic (exact) mass is 236 g/mol. The predicted octanol–water partition coefficient (Wildman–Crippen LogP) is 1.70. The minimum Gasteiger partial charge on any atom is -0.283 e. The number of H-pyrrole nitrogens is 1. The molecule has 0 spiro atoms. The van der Waals surface area contributed by atoms with Crippen LogP contribution in [0.15, 0.2) is 6.07 Å². The van der Waals surface area contributed by atoms with E-state index in [2.05, 4.69) is 38.9 Å². The molecule has 0 amide bonds. The van der Waals surface area contributed by atoms with E-state index < -0.39 is 0 Å². The van der Waals surface area contributed by atoms with Gasteiger partial charge in [0.2, 0.25) is 0 Å². The Morgan fingerprint density at radius 3 is 3.00 bits per heavy atom. The van der Waals surface area contributed by atoms with Gasteiger partial charge < -0.3 is 0 Å². The molecule has 1 rings (SSSR count). The molecule has 3 heteroatoms. The number of aryl methyl sites for hydroxylation is 2. The van der Waals surface area contributed by atoms with Crippen LogP contribution < -0.4 is 0 Å². The molecule has 1 heterocycles. The first kappa shape index (κ1) is 7.05. The molecule has 9 heavy (non-hydrogen) atoms. The summed E-state index contributed by atoms with van der Waals surface area (Å²) in [6.07, 6.45) is 1.07. The van der Waals surface area contributed by atoms with Crippen molar-refractivity contribution in [2.24, 2.45) is 0 Å². The average Bonchev–Trinajstić information content (AvgIpc) is 2.17. The Morgan fingerprint density at radius 2 is 2.56 bits per heavy atom. The molecule has 1 N–H and O–H groups in total. The van der Waals surface area contributed by atoms with Gasteiger partial charge in [-0.3, -0.25) is 5.10 Å². The summed E-state index contributed by atoms with van der Waals surface area (Å²) >= 11 is 2.35. The normalized spacial score (nSPS) is 10.0. The zero-order chi connectivity index (χ0) is 6.69. The van der Waals surface area contributed by atoms with Crippen molar-refractivity contribution >= 4 is 22.6 Å². The number of nitrogens with zero attached hydrogens (tertiary/aromatic N) is 1. The molecule has 0 aliphatic carbocycles. The van der Waals surface area contributed by atoms with Crippen molar-refractivity contribution in [2.45, 2.75) is 13.3 Å². The molecule has 50 valence electrons. The summed E-state index contributed by atoms with van der Waals surface area (Å²) in [6, 6.07) is 2.08. The van der Waals surface area contributed by atoms with E-state index in [1.165, 1.54) is 5.69 Å². The van der Waals surface area contributed by atoms with E-state index in [1.807, 2.05) is 6.92 Å². The fourth-order valence-electron chi connectivity index (χ4n) is 0.699. The third-order valence-electron chi connectivity index (χ3n) is 1.11. The van der Waals surface area contributed by atoms with Crippen molar-refractivity contribution in [3.05, 3.63) is 17.5 Å². The summed E-state index contributed by atoms with van der Waals surface area (Å²) in [5.74, 6) is 0. The van der Waals surface area contributed by atoms with E-state index in [4.69, 9.17) is 0 Å². The summed E-state index contributed by atoms with van der Waals surface area (Å²) in [5.41, 5.74) is 2.32. The average molecular weight is 236 g/mol. The zero-order valence-corrected chi connectivity index (χ0v) is 7.47. The maximum absolute atomic E-state index is 4.08. The van der Waals surface area contributed by atoms with Gasteiger partial charge in [0.05, 0.1) is 5.69 Å². The highest BCUT2D eigenvalue weighted by atomic mass is 127. The van der Waals surface area contributed by atoms with Crippen LogP contribution in [0.4, 0.5) is 0 Å². The minimum atomic E-state index is 1.07. The van der Waals surface area contributed by atoms with Crippen molar-refractivity contribution in [1.82, 2.24) is 10.2 Å². The van der Waals surface area contributed by atoms with E-state index in [0.29, 0.717) is 0 Å². The van der Waals surface area contributed by atoms with E-state index in [9.17, 15) is 0 Å².